The second-order valence-electron chi connectivity index (χ2n) is 5.94. The van der Waals surface area contributed by atoms with Gasteiger partial charge in [0.05, 0.1) is 17.0 Å². The van der Waals surface area contributed by atoms with Crippen LogP contribution in [0.25, 0.3) is 0 Å². The van der Waals surface area contributed by atoms with E-state index in [2.05, 4.69) is 6.58 Å². The quantitative estimate of drug-likeness (QED) is 0.823. The van der Waals surface area contributed by atoms with Gasteiger partial charge in [-0.15, -0.1) is 0 Å². The molecule has 0 saturated carbocycles. The normalized spacial score (nSPS) is 20.4. The number of likely N-dealkylation sites (tertiary alicyclic amines) is 1. The number of rotatable bonds is 5. The summed E-state index contributed by atoms with van der Waals surface area (Å²) in [6.07, 6.45) is -3.20. The lowest BCUT2D eigenvalue weighted by Crippen LogP contribution is -2.30. The van der Waals surface area contributed by atoms with Crippen LogP contribution in [-0.4, -0.2) is 41.6 Å². The highest BCUT2D eigenvalue weighted by Crippen LogP contribution is 2.34. The van der Waals surface area contributed by atoms with Crippen molar-refractivity contribution in [1.82, 2.24) is 4.90 Å². The van der Waals surface area contributed by atoms with Gasteiger partial charge in [0.2, 0.25) is 0 Å². The van der Waals surface area contributed by atoms with E-state index in [0.29, 0.717) is 0 Å². The standard InChI is InChI=1S/C17H18F3NO4/c1-3-6-25-14-5-4-11(17(18,19)20)7-12(14)15(22)21-8-10(2)13(9-21)16(23)24/h3-5,7,10,13H,1,6,8-9H2,2H3,(H,23,24)/t10-,13-/m1/s1. The molecular formula is C17H18F3NO4. The van der Waals surface area contributed by atoms with Crippen LogP contribution in [0.15, 0.2) is 30.9 Å². The summed E-state index contributed by atoms with van der Waals surface area (Å²) in [5, 5.41) is 9.15. The van der Waals surface area contributed by atoms with E-state index in [-0.39, 0.29) is 36.9 Å². The first-order valence-electron chi connectivity index (χ1n) is 7.62. The van der Waals surface area contributed by atoms with Gasteiger partial charge >= 0.3 is 12.1 Å². The Morgan fingerprint density at radius 2 is 2.08 bits per heavy atom. The Bertz CT molecular complexity index is 687. The van der Waals surface area contributed by atoms with E-state index < -0.39 is 29.5 Å². The molecule has 8 heteroatoms. The molecule has 0 bridgehead atoms. The van der Waals surface area contributed by atoms with Crippen molar-refractivity contribution in [3.63, 3.8) is 0 Å². The number of benzene rings is 1. The number of carboxylic acid groups (broad SMARTS) is 1. The molecule has 2 atom stereocenters. The van der Waals surface area contributed by atoms with E-state index in [1.54, 1.807) is 6.92 Å². The minimum absolute atomic E-state index is 0.00401. The number of amides is 1. The number of hydrogen-bond donors (Lipinski definition) is 1. The number of alkyl halides is 3. The van der Waals surface area contributed by atoms with Gasteiger partial charge < -0.3 is 14.7 Å². The number of carbonyl (C=O) groups is 2. The van der Waals surface area contributed by atoms with Gasteiger partial charge in [0.1, 0.15) is 12.4 Å². The molecule has 1 aliphatic rings. The number of aliphatic carboxylic acids is 1. The van der Waals surface area contributed by atoms with E-state index in [0.717, 1.165) is 18.2 Å². The van der Waals surface area contributed by atoms with Crippen molar-refractivity contribution in [3.8, 4) is 5.75 Å². The van der Waals surface area contributed by atoms with Crippen LogP contribution in [0.1, 0.15) is 22.8 Å². The Kier molecular flexibility index (Phi) is 5.39. The minimum atomic E-state index is -4.60. The number of nitrogens with zero attached hydrogens (tertiary/aromatic N) is 1. The maximum Gasteiger partial charge on any atom is 0.416 e. The lowest BCUT2D eigenvalue weighted by atomic mass is 9.99. The first-order valence-corrected chi connectivity index (χ1v) is 7.62. The third-order valence-electron chi connectivity index (χ3n) is 4.11. The smallest absolute Gasteiger partial charge is 0.416 e. The summed E-state index contributed by atoms with van der Waals surface area (Å²) in [4.78, 5) is 25.1. The molecule has 0 spiro atoms. The fourth-order valence-electron chi connectivity index (χ4n) is 2.77. The molecule has 5 nitrogen and oxygen atoms in total. The maximum absolute atomic E-state index is 13.0. The summed E-state index contributed by atoms with van der Waals surface area (Å²) in [5.41, 5.74) is -1.21. The van der Waals surface area contributed by atoms with Crippen molar-refractivity contribution >= 4 is 11.9 Å². The molecule has 1 aromatic carbocycles. The SMILES string of the molecule is C=CCOc1ccc(C(F)(F)F)cc1C(=O)N1C[C@@H](C)[C@H](C(=O)O)C1. The van der Waals surface area contributed by atoms with Gasteiger partial charge in [-0.1, -0.05) is 19.6 Å². The monoisotopic (exact) mass is 357 g/mol. The Morgan fingerprint density at radius 3 is 2.60 bits per heavy atom. The molecule has 0 aliphatic carbocycles. The predicted octanol–water partition coefficient (Wildman–Crippen LogP) is 3.06. The Balaban J connectivity index is 2.36. The summed E-state index contributed by atoms with van der Waals surface area (Å²) >= 11 is 0. The number of carboxylic acids is 1. The molecule has 1 aromatic rings. The van der Waals surface area contributed by atoms with Crippen LogP contribution in [0, 0.1) is 11.8 Å². The lowest BCUT2D eigenvalue weighted by molar-refractivity contribution is -0.142. The van der Waals surface area contributed by atoms with Crippen molar-refractivity contribution in [1.29, 1.82) is 0 Å². The second-order valence-corrected chi connectivity index (χ2v) is 5.94. The molecule has 1 heterocycles. The molecule has 1 N–H and O–H groups in total. The van der Waals surface area contributed by atoms with Gasteiger partial charge in [0.15, 0.2) is 0 Å². The third kappa shape index (κ3) is 4.12. The number of ether oxygens (including phenoxy) is 1. The Morgan fingerprint density at radius 1 is 1.40 bits per heavy atom. The molecule has 0 radical (unpaired) electrons. The van der Waals surface area contributed by atoms with Gasteiger partial charge in [-0.25, -0.2) is 0 Å². The van der Waals surface area contributed by atoms with Crippen molar-refractivity contribution in [2.45, 2.75) is 13.1 Å². The molecular weight excluding hydrogens is 339 g/mol. The average Bonchev–Trinajstić information content (AvgIpc) is 2.93. The summed E-state index contributed by atoms with van der Waals surface area (Å²) in [6, 6.07) is 2.66. The first kappa shape index (κ1) is 18.8. The van der Waals surface area contributed by atoms with Crippen LogP contribution in [0.3, 0.4) is 0 Å². The number of hydrogen-bond acceptors (Lipinski definition) is 3. The van der Waals surface area contributed by atoms with E-state index in [1.165, 1.54) is 11.0 Å². The first-order chi connectivity index (χ1) is 11.6. The van der Waals surface area contributed by atoms with Crippen molar-refractivity contribution in [2.75, 3.05) is 19.7 Å². The van der Waals surface area contributed by atoms with Crippen molar-refractivity contribution < 1.29 is 32.6 Å². The zero-order valence-corrected chi connectivity index (χ0v) is 13.5. The summed E-state index contributed by atoms with van der Waals surface area (Å²) < 4.78 is 44.2. The van der Waals surface area contributed by atoms with E-state index in [1.807, 2.05) is 0 Å². The number of halogens is 3. The van der Waals surface area contributed by atoms with Crippen LogP contribution >= 0.6 is 0 Å². The van der Waals surface area contributed by atoms with Crippen molar-refractivity contribution in [2.24, 2.45) is 11.8 Å². The van der Waals surface area contributed by atoms with Gasteiger partial charge in [-0.2, -0.15) is 13.2 Å². The minimum Gasteiger partial charge on any atom is -0.489 e. The molecule has 136 valence electrons. The molecule has 2 rings (SSSR count). The topological polar surface area (TPSA) is 66.8 Å². The highest BCUT2D eigenvalue weighted by atomic mass is 19.4. The highest BCUT2D eigenvalue weighted by molar-refractivity contribution is 5.97. The molecule has 0 unspecified atom stereocenters. The van der Waals surface area contributed by atoms with Crippen LogP contribution in [0.5, 0.6) is 5.75 Å². The molecule has 1 aliphatic heterocycles. The molecule has 25 heavy (non-hydrogen) atoms. The van der Waals surface area contributed by atoms with Gasteiger partial charge in [0.25, 0.3) is 5.91 Å². The van der Waals surface area contributed by atoms with Crippen molar-refractivity contribution in [3.05, 3.63) is 42.0 Å². The van der Waals surface area contributed by atoms with Gasteiger partial charge in [0, 0.05) is 13.1 Å². The Labute approximate surface area is 142 Å². The lowest BCUT2D eigenvalue weighted by Gasteiger charge is -2.19. The molecule has 1 amide bonds. The zero-order chi connectivity index (χ0) is 18.8. The number of carbonyl (C=O) groups excluding carboxylic acids is 1. The van der Waals surface area contributed by atoms with Crippen LogP contribution < -0.4 is 4.74 Å². The van der Waals surface area contributed by atoms with Crippen LogP contribution in [0.4, 0.5) is 13.2 Å². The Hall–Kier alpha value is -2.51. The molecule has 0 aromatic heterocycles. The van der Waals surface area contributed by atoms with Crippen LogP contribution in [0.2, 0.25) is 0 Å². The fourth-order valence-corrected chi connectivity index (χ4v) is 2.77. The van der Waals surface area contributed by atoms with E-state index in [4.69, 9.17) is 9.84 Å². The van der Waals surface area contributed by atoms with Crippen LogP contribution in [-0.2, 0) is 11.0 Å². The summed E-state index contributed by atoms with van der Waals surface area (Å²) in [7, 11) is 0. The fraction of sp³-hybridized carbons (Fsp3) is 0.412. The maximum atomic E-state index is 13.0. The third-order valence-corrected chi connectivity index (χ3v) is 4.11. The molecule has 1 fully saturated rings. The van der Waals surface area contributed by atoms with E-state index >= 15 is 0 Å². The summed E-state index contributed by atoms with van der Waals surface area (Å²) in [6.45, 7) is 5.28. The second kappa shape index (κ2) is 7.16. The van der Waals surface area contributed by atoms with Gasteiger partial charge in [-0.05, 0) is 24.1 Å². The highest BCUT2D eigenvalue weighted by Gasteiger charge is 2.39. The van der Waals surface area contributed by atoms with E-state index in [9.17, 15) is 22.8 Å². The largest absolute Gasteiger partial charge is 0.489 e. The average molecular weight is 357 g/mol. The zero-order valence-electron chi connectivity index (χ0n) is 13.5. The summed E-state index contributed by atoms with van der Waals surface area (Å²) in [5.74, 6) is -2.74. The molecule has 1 saturated heterocycles. The predicted molar refractivity (Wildman–Crippen MR) is 83.3 cm³/mol. The van der Waals surface area contributed by atoms with Gasteiger partial charge in [-0.3, -0.25) is 9.59 Å².